The molecule has 3 fully saturated rings. The smallest absolute Gasteiger partial charge is 0.225 e. The predicted molar refractivity (Wildman–Crippen MR) is 46.4 cm³/mol. The highest BCUT2D eigenvalue weighted by Gasteiger charge is 2.48. The van der Waals surface area contributed by atoms with E-state index >= 15 is 0 Å². The van der Waals surface area contributed by atoms with Crippen molar-refractivity contribution in [3.05, 3.63) is 0 Å². The number of fused-ring (bicyclic) bond motifs is 2. The lowest BCUT2D eigenvalue weighted by molar-refractivity contribution is -0.155. The number of carbonyl (C=O) groups excluding carboxylic acids is 1. The normalized spacial score (nSPS) is 39.7. The maximum Gasteiger partial charge on any atom is 0.225 e. The topological polar surface area (TPSA) is 46.3 Å². The Morgan fingerprint density at radius 2 is 2.25 bits per heavy atom. The molecule has 2 heterocycles. The van der Waals surface area contributed by atoms with E-state index in [-0.39, 0.29) is 0 Å². The Bertz CT molecular complexity index is 199. The zero-order valence-electron chi connectivity index (χ0n) is 7.49. The summed E-state index contributed by atoms with van der Waals surface area (Å²) in [5, 5.41) is 0. The summed E-state index contributed by atoms with van der Waals surface area (Å²) in [5.74, 6) is 1.39. The maximum absolute atomic E-state index is 11.6. The lowest BCUT2D eigenvalue weighted by Crippen LogP contribution is -2.61. The second-order valence-corrected chi connectivity index (χ2v) is 3.86. The monoisotopic (exact) mass is 168 g/mol. The first-order valence-electron chi connectivity index (χ1n) is 4.78. The quantitative estimate of drug-likeness (QED) is 0.640. The van der Waals surface area contributed by atoms with E-state index in [1.807, 2.05) is 11.8 Å². The van der Waals surface area contributed by atoms with Gasteiger partial charge in [-0.3, -0.25) is 4.79 Å². The van der Waals surface area contributed by atoms with Gasteiger partial charge in [-0.25, -0.2) is 0 Å². The van der Waals surface area contributed by atoms with Crippen LogP contribution >= 0.6 is 0 Å². The summed E-state index contributed by atoms with van der Waals surface area (Å²) >= 11 is 0. The van der Waals surface area contributed by atoms with E-state index in [4.69, 9.17) is 5.73 Å². The Kier molecular flexibility index (Phi) is 1.83. The largest absolute Gasteiger partial charge is 0.338 e. The van der Waals surface area contributed by atoms with Gasteiger partial charge in [0.15, 0.2) is 0 Å². The van der Waals surface area contributed by atoms with E-state index in [2.05, 4.69) is 0 Å². The van der Waals surface area contributed by atoms with Crippen LogP contribution in [-0.4, -0.2) is 29.9 Å². The zero-order chi connectivity index (χ0) is 8.72. The number of piperidine rings is 2. The molecule has 3 heteroatoms. The van der Waals surface area contributed by atoms with Crippen molar-refractivity contribution in [1.29, 1.82) is 0 Å². The average molecular weight is 168 g/mol. The number of hydrogen-bond acceptors (Lipinski definition) is 2. The van der Waals surface area contributed by atoms with Crippen LogP contribution < -0.4 is 5.73 Å². The first-order chi connectivity index (χ1) is 5.77. The fraction of sp³-hybridized carbons (Fsp3) is 0.889. The van der Waals surface area contributed by atoms with Crippen molar-refractivity contribution in [2.75, 3.05) is 13.1 Å². The van der Waals surface area contributed by atoms with Crippen LogP contribution in [0.15, 0.2) is 0 Å². The number of nitrogens with two attached hydrogens (primary N) is 1. The molecule has 1 amide bonds. The molecule has 3 nitrogen and oxygen atoms in total. The minimum Gasteiger partial charge on any atom is -0.338 e. The standard InChI is InChI=1S/C9H16N2O/c1-2-11-8(5-10)6-3-7(4-6)9(11)12/h6-8H,2-5,10H2,1H3. The number of amides is 1. The van der Waals surface area contributed by atoms with Crippen LogP contribution in [0.25, 0.3) is 0 Å². The summed E-state index contributed by atoms with van der Waals surface area (Å²) in [7, 11) is 0. The van der Waals surface area contributed by atoms with Crippen LogP contribution in [0.5, 0.6) is 0 Å². The van der Waals surface area contributed by atoms with Gasteiger partial charge >= 0.3 is 0 Å². The Morgan fingerprint density at radius 3 is 2.67 bits per heavy atom. The van der Waals surface area contributed by atoms with E-state index in [0.717, 1.165) is 19.4 Å². The highest BCUT2D eigenvalue weighted by molar-refractivity contribution is 5.81. The Morgan fingerprint density at radius 1 is 1.58 bits per heavy atom. The molecule has 2 N–H and O–H groups in total. The lowest BCUT2D eigenvalue weighted by Gasteiger charge is -2.51. The average Bonchev–Trinajstić information content (AvgIpc) is 2.00. The van der Waals surface area contributed by atoms with Crippen LogP contribution in [-0.2, 0) is 4.79 Å². The third-order valence-corrected chi connectivity index (χ3v) is 3.33. The lowest BCUT2D eigenvalue weighted by atomic mass is 9.66. The molecule has 12 heavy (non-hydrogen) atoms. The molecular weight excluding hydrogens is 152 g/mol. The fourth-order valence-corrected chi connectivity index (χ4v) is 2.54. The van der Waals surface area contributed by atoms with Gasteiger partial charge in [0.1, 0.15) is 0 Å². The minimum absolute atomic E-state index is 0.340. The molecule has 1 aliphatic carbocycles. The highest BCUT2D eigenvalue weighted by Crippen LogP contribution is 2.43. The first-order valence-corrected chi connectivity index (χ1v) is 4.78. The predicted octanol–water partition coefficient (Wildman–Crippen LogP) is 0.202. The molecular formula is C9H16N2O. The second-order valence-electron chi connectivity index (χ2n) is 3.86. The van der Waals surface area contributed by atoms with Gasteiger partial charge in [-0.15, -0.1) is 0 Å². The van der Waals surface area contributed by atoms with E-state index in [1.165, 1.54) is 0 Å². The fourth-order valence-electron chi connectivity index (χ4n) is 2.54. The van der Waals surface area contributed by atoms with Crippen LogP contribution in [0, 0.1) is 11.8 Å². The van der Waals surface area contributed by atoms with E-state index in [0.29, 0.717) is 30.3 Å². The summed E-state index contributed by atoms with van der Waals surface area (Å²) in [6.45, 7) is 3.50. The van der Waals surface area contributed by atoms with Crippen LogP contribution in [0.3, 0.4) is 0 Å². The molecule has 68 valence electrons. The van der Waals surface area contributed by atoms with E-state index in [1.54, 1.807) is 0 Å². The van der Waals surface area contributed by atoms with Crippen molar-refractivity contribution < 1.29 is 4.79 Å². The summed E-state index contributed by atoms with van der Waals surface area (Å²) in [6.07, 6.45) is 2.19. The van der Waals surface area contributed by atoms with Gasteiger partial charge < -0.3 is 10.6 Å². The number of nitrogens with zero attached hydrogens (tertiary/aromatic N) is 1. The van der Waals surface area contributed by atoms with Crippen molar-refractivity contribution in [1.82, 2.24) is 4.90 Å². The minimum atomic E-state index is 0.340. The van der Waals surface area contributed by atoms with E-state index < -0.39 is 0 Å². The molecule has 1 saturated carbocycles. The van der Waals surface area contributed by atoms with Gasteiger partial charge in [-0.2, -0.15) is 0 Å². The number of rotatable bonds is 2. The van der Waals surface area contributed by atoms with Crippen LogP contribution in [0.4, 0.5) is 0 Å². The molecule has 1 atom stereocenters. The van der Waals surface area contributed by atoms with Gasteiger partial charge in [0.2, 0.25) is 5.91 Å². The summed E-state index contributed by atoms with van der Waals surface area (Å²) in [6, 6.07) is 0.340. The van der Waals surface area contributed by atoms with E-state index in [9.17, 15) is 4.79 Å². The third-order valence-electron chi connectivity index (χ3n) is 3.33. The zero-order valence-corrected chi connectivity index (χ0v) is 7.49. The second kappa shape index (κ2) is 2.73. The molecule has 2 saturated heterocycles. The van der Waals surface area contributed by atoms with Gasteiger partial charge in [0.05, 0.1) is 0 Å². The summed E-state index contributed by atoms with van der Waals surface area (Å²) in [5.41, 5.74) is 5.65. The molecule has 2 bridgehead atoms. The van der Waals surface area contributed by atoms with Crippen molar-refractivity contribution in [2.24, 2.45) is 17.6 Å². The van der Waals surface area contributed by atoms with Gasteiger partial charge in [-0.1, -0.05) is 0 Å². The Labute approximate surface area is 72.9 Å². The molecule has 3 rings (SSSR count). The van der Waals surface area contributed by atoms with Gasteiger partial charge in [0, 0.05) is 25.0 Å². The van der Waals surface area contributed by atoms with Crippen LogP contribution in [0.1, 0.15) is 19.8 Å². The van der Waals surface area contributed by atoms with Crippen molar-refractivity contribution >= 4 is 5.91 Å². The summed E-state index contributed by atoms with van der Waals surface area (Å²) in [4.78, 5) is 13.6. The SMILES string of the molecule is CCN1C(=O)C2CC(C2)C1CN. The maximum atomic E-state index is 11.6. The van der Waals surface area contributed by atoms with Crippen molar-refractivity contribution in [3.8, 4) is 0 Å². The van der Waals surface area contributed by atoms with Gasteiger partial charge in [0.25, 0.3) is 0 Å². The van der Waals surface area contributed by atoms with Crippen molar-refractivity contribution in [2.45, 2.75) is 25.8 Å². The Balaban J connectivity index is 2.14. The van der Waals surface area contributed by atoms with Crippen molar-refractivity contribution in [3.63, 3.8) is 0 Å². The number of likely N-dealkylation sites (N-methyl/N-ethyl adjacent to an activating group) is 1. The third kappa shape index (κ3) is 0.891. The molecule has 3 aliphatic rings. The van der Waals surface area contributed by atoms with Crippen LogP contribution in [0.2, 0.25) is 0 Å². The summed E-state index contributed by atoms with van der Waals surface area (Å²) < 4.78 is 0. The number of hydrogen-bond donors (Lipinski definition) is 1. The first kappa shape index (κ1) is 8.05. The molecule has 0 aromatic heterocycles. The van der Waals surface area contributed by atoms with Gasteiger partial charge in [-0.05, 0) is 25.7 Å². The molecule has 0 radical (unpaired) electrons. The molecule has 0 spiro atoms. The molecule has 0 aromatic rings. The molecule has 0 aromatic carbocycles. The highest BCUT2D eigenvalue weighted by atomic mass is 16.2. The molecule has 1 unspecified atom stereocenters. The Hall–Kier alpha value is -0.570. The number of carbonyl (C=O) groups is 1. The molecule has 2 aliphatic heterocycles.